The summed E-state index contributed by atoms with van der Waals surface area (Å²) in [6.07, 6.45) is 0.288. The zero-order chi connectivity index (χ0) is 12.3. The molecule has 16 heavy (non-hydrogen) atoms. The number of carbonyl (C=O) groups is 1. The van der Waals surface area contributed by atoms with Crippen molar-refractivity contribution in [2.45, 2.75) is 19.8 Å². The number of halogens is 1. The van der Waals surface area contributed by atoms with E-state index >= 15 is 0 Å². The van der Waals surface area contributed by atoms with Crippen LogP contribution in [0, 0.1) is 6.92 Å². The van der Waals surface area contributed by atoms with Crippen molar-refractivity contribution >= 4 is 21.9 Å². The third-order valence-electron chi connectivity index (χ3n) is 2.27. The van der Waals surface area contributed by atoms with Gasteiger partial charge >= 0.3 is 5.97 Å². The summed E-state index contributed by atoms with van der Waals surface area (Å²) in [4.78, 5) is 10.5. The maximum atomic E-state index is 10.5. The summed E-state index contributed by atoms with van der Waals surface area (Å²) in [6.45, 7) is 1.84. The SMILES string of the molecule is COc1c(C)cc(CCC(=O)O)c(O)c1Br. The van der Waals surface area contributed by atoms with E-state index in [1.807, 2.05) is 6.92 Å². The second-order valence-electron chi connectivity index (χ2n) is 3.44. The van der Waals surface area contributed by atoms with E-state index < -0.39 is 5.97 Å². The number of methoxy groups -OCH3 is 1. The Hall–Kier alpha value is -1.23. The van der Waals surface area contributed by atoms with Gasteiger partial charge < -0.3 is 14.9 Å². The largest absolute Gasteiger partial charge is 0.506 e. The number of benzene rings is 1. The number of aromatic hydroxyl groups is 1. The maximum absolute atomic E-state index is 10.5. The number of phenols is 1. The summed E-state index contributed by atoms with van der Waals surface area (Å²) in [5.74, 6) is -0.274. The van der Waals surface area contributed by atoms with Gasteiger partial charge in [-0.2, -0.15) is 0 Å². The standard InChI is InChI=1S/C11H13BrO4/c1-6-5-7(3-4-8(13)14)10(15)9(12)11(6)16-2/h5,15H,3-4H2,1-2H3,(H,13,14). The lowest BCUT2D eigenvalue weighted by molar-refractivity contribution is -0.136. The van der Waals surface area contributed by atoms with Gasteiger partial charge in [-0.15, -0.1) is 0 Å². The molecule has 0 saturated carbocycles. The highest BCUT2D eigenvalue weighted by molar-refractivity contribution is 9.10. The fourth-order valence-electron chi connectivity index (χ4n) is 1.50. The van der Waals surface area contributed by atoms with E-state index in [1.165, 1.54) is 7.11 Å². The van der Waals surface area contributed by atoms with Crippen molar-refractivity contribution in [2.75, 3.05) is 7.11 Å². The number of carboxylic acids is 1. The number of hydrogen-bond acceptors (Lipinski definition) is 3. The van der Waals surface area contributed by atoms with Gasteiger partial charge in [-0.1, -0.05) is 0 Å². The molecule has 0 atom stereocenters. The second kappa shape index (κ2) is 5.21. The number of rotatable bonds is 4. The smallest absolute Gasteiger partial charge is 0.303 e. The highest BCUT2D eigenvalue weighted by atomic mass is 79.9. The van der Waals surface area contributed by atoms with Crippen molar-refractivity contribution in [1.29, 1.82) is 0 Å². The first-order chi connectivity index (χ1) is 7.47. The van der Waals surface area contributed by atoms with Crippen LogP contribution in [-0.2, 0) is 11.2 Å². The molecule has 0 spiro atoms. The van der Waals surface area contributed by atoms with Crippen molar-refractivity contribution in [3.05, 3.63) is 21.7 Å². The summed E-state index contributed by atoms with van der Waals surface area (Å²) in [6, 6.07) is 1.74. The van der Waals surface area contributed by atoms with E-state index in [4.69, 9.17) is 9.84 Å². The van der Waals surface area contributed by atoms with Gasteiger partial charge in [0.2, 0.25) is 0 Å². The van der Waals surface area contributed by atoms with E-state index in [9.17, 15) is 9.90 Å². The van der Waals surface area contributed by atoms with E-state index in [2.05, 4.69) is 15.9 Å². The van der Waals surface area contributed by atoms with Crippen molar-refractivity contribution in [3.8, 4) is 11.5 Å². The molecule has 88 valence electrons. The van der Waals surface area contributed by atoms with Gasteiger partial charge in [-0.25, -0.2) is 0 Å². The zero-order valence-corrected chi connectivity index (χ0v) is 10.7. The highest BCUT2D eigenvalue weighted by Crippen LogP contribution is 2.39. The third-order valence-corrected chi connectivity index (χ3v) is 3.01. The summed E-state index contributed by atoms with van der Waals surface area (Å²) in [5, 5.41) is 18.4. The molecule has 0 aliphatic carbocycles. The Morgan fingerprint density at radius 1 is 1.56 bits per heavy atom. The van der Waals surface area contributed by atoms with Crippen molar-refractivity contribution in [2.24, 2.45) is 0 Å². The van der Waals surface area contributed by atoms with Crippen LogP contribution in [0.3, 0.4) is 0 Å². The Kier molecular flexibility index (Phi) is 4.18. The van der Waals surface area contributed by atoms with Crippen LogP contribution in [0.15, 0.2) is 10.5 Å². The maximum Gasteiger partial charge on any atom is 0.303 e. The topological polar surface area (TPSA) is 66.8 Å². The average molecular weight is 289 g/mol. The molecule has 1 aromatic rings. The molecule has 5 heteroatoms. The number of carboxylic acid groups (broad SMARTS) is 1. The van der Waals surface area contributed by atoms with Gasteiger partial charge in [-0.05, 0) is 46.5 Å². The lowest BCUT2D eigenvalue weighted by Gasteiger charge is -2.12. The predicted molar refractivity (Wildman–Crippen MR) is 63.1 cm³/mol. The van der Waals surface area contributed by atoms with Gasteiger partial charge in [0.05, 0.1) is 7.11 Å². The fraction of sp³-hybridized carbons (Fsp3) is 0.364. The normalized spacial score (nSPS) is 10.2. The van der Waals surface area contributed by atoms with Crippen LogP contribution in [0.4, 0.5) is 0 Å². The molecular weight excluding hydrogens is 276 g/mol. The minimum absolute atomic E-state index is 0.00817. The van der Waals surface area contributed by atoms with Gasteiger partial charge in [0.15, 0.2) is 0 Å². The molecule has 2 N–H and O–H groups in total. The number of hydrogen-bond donors (Lipinski definition) is 2. The molecule has 0 unspecified atom stereocenters. The van der Waals surface area contributed by atoms with Crippen molar-refractivity contribution in [3.63, 3.8) is 0 Å². The van der Waals surface area contributed by atoms with Gasteiger partial charge in [0, 0.05) is 6.42 Å². The van der Waals surface area contributed by atoms with Crippen molar-refractivity contribution in [1.82, 2.24) is 0 Å². The summed E-state index contributed by atoms with van der Waals surface area (Å²) >= 11 is 3.23. The Morgan fingerprint density at radius 2 is 2.19 bits per heavy atom. The fourth-order valence-corrected chi connectivity index (χ4v) is 2.23. The number of ether oxygens (including phenoxy) is 1. The number of aryl methyl sites for hydroxylation is 2. The summed E-state index contributed by atoms with van der Waals surface area (Å²) in [5.41, 5.74) is 1.46. The molecular formula is C11H13BrO4. The highest BCUT2D eigenvalue weighted by Gasteiger charge is 2.14. The molecule has 0 saturated heterocycles. The summed E-state index contributed by atoms with van der Waals surface area (Å²) < 4.78 is 5.58. The van der Waals surface area contributed by atoms with Crippen LogP contribution in [0.5, 0.6) is 11.5 Å². The van der Waals surface area contributed by atoms with Gasteiger partial charge in [-0.3, -0.25) is 4.79 Å². The molecule has 0 fully saturated rings. The molecule has 0 radical (unpaired) electrons. The van der Waals surface area contributed by atoms with E-state index in [0.717, 1.165) is 5.56 Å². The predicted octanol–water partition coefficient (Wildman–Crippen LogP) is 2.49. The van der Waals surface area contributed by atoms with E-state index in [-0.39, 0.29) is 12.2 Å². The third kappa shape index (κ3) is 2.66. The zero-order valence-electron chi connectivity index (χ0n) is 9.08. The van der Waals surface area contributed by atoms with Crippen LogP contribution in [0.2, 0.25) is 0 Å². The quantitative estimate of drug-likeness (QED) is 0.893. The molecule has 0 aromatic heterocycles. The molecule has 0 bridgehead atoms. The lowest BCUT2D eigenvalue weighted by atomic mass is 10.0. The molecule has 0 aliphatic heterocycles. The molecule has 0 aliphatic rings. The second-order valence-corrected chi connectivity index (χ2v) is 4.24. The molecule has 1 aromatic carbocycles. The lowest BCUT2D eigenvalue weighted by Crippen LogP contribution is -1.99. The Balaban J connectivity index is 3.08. The van der Waals surface area contributed by atoms with Crippen LogP contribution in [-0.4, -0.2) is 23.3 Å². The minimum Gasteiger partial charge on any atom is -0.506 e. The van der Waals surface area contributed by atoms with Crippen LogP contribution in [0.25, 0.3) is 0 Å². The molecule has 0 amide bonds. The Labute approximate surface area is 102 Å². The molecule has 4 nitrogen and oxygen atoms in total. The van der Waals surface area contributed by atoms with E-state index in [1.54, 1.807) is 6.07 Å². The van der Waals surface area contributed by atoms with Crippen LogP contribution >= 0.6 is 15.9 Å². The first kappa shape index (κ1) is 12.8. The Morgan fingerprint density at radius 3 is 2.69 bits per heavy atom. The first-order valence-corrected chi connectivity index (χ1v) is 5.53. The van der Waals surface area contributed by atoms with Crippen molar-refractivity contribution < 1.29 is 19.7 Å². The first-order valence-electron chi connectivity index (χ1n) is 4.74. The van der Waals surface area contributed by atoms with E-state index in [0.29, 0.717) is 22.2 Å². The summed E-state index contributed by atoms with van der Waals surface area (Å²) in [7, 11) is 1.52. The average Bonchev–Trinajstić information content (AvgIpc) is 2.22. The van der Waals surface area contributed by atoms with Gasteiger partial charge in [0.25, 0.3) is 0 Å². The van der Waals surface area contributed by atoms with Gasteiger partial charge in [0.1, 0.15) is 16.0 Å². The van der Waals surface area contributed by atoms with Crippen LogP contribution < -0.4 is 4.74 Å². The van der Waals surface area contributed by atoms with Crippen LogP contribution in [0.1, 0.15) is 17.5 Å². The Bertz CT molecular complexity index is 415. The minimum atomic E-state index is -0.885. The number of aliphatic carboxylic acids is 1. The monoisotopic (exact) mass is 288 g/mol. The molecule has 1 rings (SSSR count). The molecule has 0 heterocycles. The number of phenolic OH excluding ortho intramolecular Hbond substituents is 1.